The number of nitrogens with one attached hydrogen (secondary N) is 1. The SMILES string of the molecule is CC1(C)CC(Nc2cc(F)ncn2)CO1. The second-order valence-corrected chi connectivity index (χ2v) is 4.34. The summed E-state index contributed by atoms with van der Waals surface area (Å²) in [6.07, 6.45) is 2.09. The van der Waals surface area contributed by atoms with Crippen LogP contribution >= 0.6 is 0 Å². The van der Waals surface area contributed by atoms with Crippen LogP contribution in [0.25, 0.3) is 0 Å². The molecular formula is C10H14FN3O. The van der Waals surface area contributed by atoms with E-state index >= 15 is 0 Å². The molecule has 0 aromatic carbocycles. The van der Waals surface area contributed by atoms with Gasteiger partial charge in [-0.05, 0) is 20.3 Å². The number of ether oxygens (including phenoxy) is 1. The Balaban J connectivity index is 1.99. The van der Waals surface area contributed by atoms with Crippen molar-refractivity contribution in [3.63, 3.8) is 0 Å². The van der Waals surface area contributed by atoms with Gasteiger partial charge in [-0.25, -0.2) is 9.97 Å². The van der Waals surface area contributed by atoms with Crippen molar-refractivity contribution in [2.75, 3.05) is 11.9 Å². The third kappa shape index (κ3) is 2.62. The van der Waals surface area contributed by atoms with Gasteiger partial charge in [0, 0.05) is 6.07 Å². The lowest BCUT2D eigenvalue weighted by atomic mass is 10.0. The van der Waals surface area contributed by atoms with Crippen LogP contribution in [-0.4, -0.2) is 28.2 Å². The first-order valence-electron chi connectivity index (χ1n) is 4.93. The van der Waals surface area contributed by atoms with Crippen LogP contribution in [0.4, 0.5) is 10.2 Å². The van der Waals surface area contributed by atoms with E-state index in [1.54, 1.807) is 0 Å². The fourth-order valence-corrected chi connectivity index (χ4v) is 1.75. The Kier molecular flexibility index (Phi) is 2.56. The van der Waals surface area contributed by atoms with E-state index < -0.39 is 5.95 Å². The zero-order valence-electron chi connectivity index (χ0n) is 8.83. The number of hydrogen-bond donors (Lipinski definition) is 1. The Morgan fingerprint density at radius 3 is 2.93 bits per heavy atom. The first-order chi connectivity index (χ1) is 7.05. The number of rotatable bonds is 2. The molecular weight excluding hydrogens is 197 g/mol. The zero-order valence-corrected chi connectivity index (χ0v) is 8.83. The highest BCUT2D eigenvalue weighted by Crippen LogP contribution is 2.26. The van der Waals surface area contributed by atoms with E-state index in [0.717, 1.165) is 6.42 Å². The molecule has 0 saturated carbocycles. The molecule has 2 rings (SSSR count). The quantitative estimate of drug-likeness (QED) is 0.755. The average Bonchev–Trinajstić information content (AvgIpc) is 2.45. The normalized spacial score (nSPS) is 24.1. The highest BCUT2D eigenvalue weighted by atomic mass is 19.1. The van der Waals surface area contributed by atoms with Crippen molar-refractivity contribution in [1.29, 1.82) is 0 Å². The van der Waals surface area contributed by atoms with Crippen molar-refractivity contribution in [3.05, 3.63) is 18.3 Å². The molecule has 1 aliphatic heterocycles. The number of anilines is 1. The van der Waals surface area contributed by atoms with Gasteiger partial charge in [0.2, 0.25) is 5.95 Å². The van der Waals surface area contributed by atoms with Gasteiger partial charge in [0.15, 0.2) is 0 Å². The Hall–Kier alpha value is -1.23. The zero-order chi connectivity index (χ0) is 10.9. The summed E-state index contributed by atoms with van der Waals surface area (Å²) < 4.78 is 18.3. The van der Waals surface area contributed by atoms with Gasteiger partial charge >= 0.3 is 0 Å². The van der Waals surface area contributed by atoms with Gasteiger partial charge in [0.05, 0.1) is 18.2 Å². The minimum atomic E-state index is -0.523. The van der Waals surface area contributed by atoms with E-state index in [9.17, 15) is 4.39 Å². The molecule has 0 spiro atoms. The van der Waals surface area contributed by atoms with Crippen molar-refractivity contribution >= 4 is 5.82 Å². The lowest BCUT2D eigenvalue weighted by Gasteiger charge is -2.16. The van der Waals surface area contributed by atoms with E-state index in [-0.39, 0.29) is 11.6 Å². The fraction of sp³-hybridized carbons (Fsp3) is 0.600. The molecule has 82 valence electrons. The van der Waals surface area contributed by atoms with E-state index in [1.807, 2.05) is 13.8 Å². The fourth-order valence-electron chi connectivity index (χ4n) is 1.75. The summed E-state index contributed by atoms with van der Waals surface area (Å²) in [7, 11) is 0. The monoisotopic (exact) mass is 211 g/mol. The molecule has 2 heterocycles. The summed E-state index contributed by atoms with van der Waals surface area (Å²) in [6, 6.07) is 1.47. The lowest BCUT2D eigenvalue weighted by Crippen LogP contribution is -2.22. The van der Waals surface area contributed by atoms with Gasteiger partial charge in [-0.1, -0.05) is 0 Å². The van der Waals surface area contributed by atoms with Crippen molar-refractivity contribution in [2.45, 2.75) is 31.9 Å². The highest BCUT2D eigenvalue weighted by Gasteiger charge is 2.31. The number of hydrogen-bond acceptors (Lipinski definition) is 4. The molecule has 1 aromatic heterocycles. The minimum Gasteiger partial charge on any atom is -0.373 e. The molecule has 0 aliphatic carbocycles. The predicted molar refractivity (Wildman–Crippen MR) is 54.0 cm³/mol. The predicted octanol–water partition coefficient (Wildman–Crippen LogP) is 1.60. The lowest BCUT2D eigenvalue weighted by molar-refractivity contribution is 0.0363. The maximum Gasteiger partial charge on any atom is 0.217 e. The summed E-state index contributed by atoms with van der Waals surface area (Å²) in [5.74, 6) is -0.0144. The molecule has 1 atom stereocenters. The smallest absolute Gasteiger partial charge is 0.217 e. The van der Waals surface area contributed by atoms with E-state index in [4.69, 9.17) is 4.74 Å². The van der Waals surface area contributed by atoms with E-state index in [2.05, 4.69) is 15.3 Å². The molecule has 1 unspecified atom stereocenters. The third-order valence-corrected chi connectivity index (χ3v) is 2.40. The first-order valence-corrected chi connectivity index (χ1v) is 4.93. The van der Waals surface area contributed by atoms with Gasteiger partial charge in [-0.3, -0.25) is 0 Å². The largest absolute Gasteiger partial charge is 0.373 e. The van der Waals surface area contributed by atoms with Crippen molar-refractivity contribution in [1.82, 2.24) is 9.97 Å². The molecule has 1 N–H and O–H groups in total. The Bertz CT molecular complexity index is 356. The Morgan fingerprint density at radius 1 is 1.53 bits per heavy atom. The van der Waals surface area contributed by atoms with Gasteiger partial charge in [-0.15, -0.1) is 0 Å². The van der Waals surface area contributed by atoms with Crippen molar-refractivity contribution < 1.29 is 9.13 Å². The summed E-state index contributed by atoms with van der Waals surface area (Å²) in [5.41, 5.74) is -0.108. The van der Waals surface area contributed by atoms with Crippen LogP contribution in [0.15, 0.2) is 12.4 Å². The third-order valence-electron chi connectivity index (χ3n) is 2.40. The Labute approximate surface area is 87.9 Å². The molecule has 1 fully saturated rings. The van der Waals surface area contributed by atoms with Crippen LogP contribution in [-0.2, 0) is 4.74 Å². The molecule has 1 saturated heterocycles. The van der Waals surface area contributed by atoms with Crippen LogP contribution in [0.1, 0.15) is 20.3 Å². The summed E-state index contributed by atoms with van der Waals surface area (Å²) in [4.78, 5) is 7.33. The molecule has 0 bridgehead atoms. The standard InChI is InChI=1S/C10H14FN3O/c1-10(2)4-7(5-15-10)14-9-3-8(11)12-6-13-9/h3,6-7H,4-5H2,1-2H3,(H,12,13,14). The van der Waals surface area contributed by atoms with E-state index in [0.29, 0.717) is 12.4 Å². The van der Waals surface area contributed by atoms with Gasteiger partial charge in [0.1, 0.15) is 12.1 Å². The van der Waals surface area contributed by atoms with Gasteiger partial charge in [0.25, 0.3) is 0 Å². The van der Waals surface area contributed by atoms with Gasteiger partial charge < -0.3 is 10.1 Å². The minimum absolute atomic E-state index is 0.108. The first kappa shape index (κ1) is 10.3. The van der Waals surface area contributed by atoms with Crippen molar-refractivity contribution in [3.8, 4) is 0 Å². The van der Waals surface area contributed by atoms with Crippen LogP contribution < -0.4 is 5.32 Å². The molecule has 4 nitrogen and oxygen atoms in total. The average molecular weight is 211 g/mol. The maximum absolute atomic E-state index is 12.8. The van der Waals surface area contributed by atoms with E-state index in [1.165, 1.54) is 12.4 Å². The highest BCUT2D eigenvalue weighted by molar-refractivity contribution is 5.34. The number of aromatic nitrogens is 2. The molecule has 1 aromatic rings. The number of nitrogens with zero attached hydrogens (tertiary/aromatic N) is 2. The second-order valence-electron chi connectivity index (χ2n) is 4.34. The van der Waals surface area contributed by atoms with Crippen LogP contribution in [0.5, 0.6) is 0 Å². The Morgan fingerprint density at radius 2 is 2.33 bits per heavy atom. The summed E-state index contributed by atoms with van der Waals surface area (Å²) in [6.45, 7) is 4.70. The molecule has 1 aliphatic rings. The number of halogens is 1. The topological polar surface area (TPSA) is 47.0 Å². The maximum atomic E-state index is 12.8. The van der Waals surface area contributed by atoms with Gasteiger partial charge in [-0.2, -0.15) is 4.39 Å². The van der Waals surface area contributed by atoms with Crippen LogP contribution in [0.3, 0.4) is 0 Å². The summed E-state index contributed by atoms with van der Waals surface area (Å²) >= 11 is 0. The molecule has 0 radical (unpaired) electrons. The molecule has 0 amide bonds. The van der Waals surface area contributed by atoms with Crippen molar-refractivity contribution in [2.24, 2.45) is 0 Å². The summed E-state index contributed by atoms with van der Waals surface area (Å²) in [5, 5.41) is 3.12. The molecule has 5 heteroatoms. The van der Waals surface area contributed by atoms with Crippen LogP contribution in [0, 0.1) is 5.95 Å². The second kappa shape index (κ2) is 3.73. The van der Waals surface area contributed by atoms with Crippen LogP contribution in [0.2, 0.25) is 0 Å². The molecule has 15 heavy (non-hydrogen) atoms.